The number of amides is 1. The maximum absolute atomic E-state index is 12.6. The average molecular weight is 320 g/mol. The van der Waals surface area contributed by atoms with Crippen molar-refractivity contribution in [2.75, 3.05) is 0 Å². The average Bonchev–Trinajstić information content (AvgIpc) is 2.53. The van der Waals surface area contributed by atoms with E-state index in [1.807, 2.05) is 6.07 Å². The molecule has 1 heterocycles. The molecular formula is C17H15F3N2O. The van der Waals surface area contributed by atoms with Crippen LogP contribution in [0.15, 0.2) is 54.7 Å². The topological polar surface area (TPSA) is 42.0 Å². The first-order valence-electron chi connectivity index (χ1n) is 6.93. The first kappa shape index (κ1) is 16.7. The Morgan fingerprint density at radius 1 is 1.22 bits per heavy atom. The molecular weight excluding hydrogens is 305 g/mol. The van der Waals surface area contributed by atoms with Gasteiger partial charge in [0.15, 0.2) is 0 Å². The van der Waals surface area contributed by atoms with Crippen LogP contribution in [0.1, 0.15) is 29.8 Å². The van der Waals surface area contributed by atoms with Gasteiger partial charge in [0.1, 0.15) is 0 Å². The number of alkyl halides is 3. The fraction of sp³-hybridized carbons (Fsp3) is 0.176. The molecule has 2 aromatic rings. The van der Waals surface area contributed by atoms with Crippen LogP contribution in [-0.2, 0) is 11.0 Å². The quantitative estimate of drug-likeness (QED) is 0.866. The van der Waals surface area contributed by atoms with Crippen molar-refractivity contribution in [3.8, 4) is 0 Å². The highest BCUT2D eigenvalue weighted by molar-refractivity contribution is 5.91. The number of aromatic nitrogens is 1. The molecule has 120 valence electrons. The van der Waals surface area contributed by atoms with Crippen molar-refractivity contribution < 1.29 is 18.0 Å². The van der Waals surface area contributed by atoms with E-state index in [0.29, 0.717) is 11.3 Å². The predicted octanol–water partition coefficient (Wildman–Crippen LogP) is 3.99. The number of pyridine rings is 1. The molecule has 0 radical (unpaired) electrons. The van der Waals surface area contributed by atoms with Gasteiger partial charge in [0.2, 0.25) is 5.91 Å². The van der Waals surface area contributed by atoms with Crippen LogP contribution < -0.4 is 5.32 Å². The van der Waals surface area contributed by atoms with E-state index in [1.54, 1.807) is 25.3 Å². The predicted molar refractivity (Wildman–Crippen MR) is 81.3 cm³/mol. The first-order valence-corrected chi connectivity index (χ1v) is 6.93. The second kappa shape index (κ2) is 7.09. The molecule has 23 heavy (non-hydrogen) atoms. The summed E-state index contributed by atoms with van der Waals surface area (Å²) < 4.78 is 37.8. The molecule has 0 aliphatic carbocycles. The summed E-state index contributed by atoms with van der Waals surface area (Å²) in [6, 6.07) is 9.84. The van der Waals surface area contributed by atoms with Crippen LogP contribution in [0.2, 0.25) is 0 Å². The molecule has 6 heteroatoms. The van der Waals surface area contributed by atoms with Gasteiger partial charge >= 0.3 is 6.18 Å². The summed E-state index contributed by atoms with van der Waals surface area (Å²) in [5.41, 5.74) is 0.260. The lowest BCUT2D eigenvalue weighted by molar-refractivity contribution is -0.137. The molecule has 0 spiro atoms. The van der Waals surface area contributed by atoms with Gasteiger partial charge in [0.25, 0.3) is 0 Å². The monoisotopic (exact) mass is 320 g/mol. The minimum atomic E-state index is -4.40. The lowest BCUT2D eigenvalue weighted by Crippen LogP contribution is -2.25. The Labute approximate surface area is 131 Å². The van der Waals surface area contributed by atoms with E-state index in [1.165, 1.54) is 24.3 Å². The van der Waals surface area contributed by atoms with Crippen LogP contribution >= 0.6 is 0 Å². The largest absolute Gasteiger partial charge is 0.416 e. The molecule has 3 nitrogen and oxygen atoms in total. The van der Waals surface area contributed by atoms with Gasteiger partial charge in [-0.15, -0.1) is 0 Å². The lowest BCUT2D eigenvalue weighted by Gasteiger charge is -2.11. The third-order valence-corrected chi connectivity index (χ3v) is 3.13. The summed E-state index contributed by atoms with van der Waals surface area (Å²) in [4.78, 5) is 16.0. The Bertz CT molecular complexity index is 696. The smallest absolute Gasteiger partial charge is 0.344 e. The SMILES string of the molecule is CC(NC(=O)/C=C/c1cccc(C(F)(F)F)c1)c1ccccn1. The van der Waals surface area contributed by atoms with Crippen LogP contribution in [0.5, 0.6) is 0 Å². The van der Waals surface area contributed by atoms with E-state index in [-0.39, 0.29) is 6.04 Å². The summed E-state index contributed by atoms with van der Waals surface area (Å²) in [7, 11) is 0. The zero-order valence-electron chi connectivity index (χ0n) is 12.3. The van der Waals surface area contributed by atoms with Gasteiger partial charge in [0, 0.05) is 12.3 Å². The van der Waals surface area contributed by atoms with Gasteiger partial charge in [-0.1, -0.05) is 18.2 Å². The van der Waals surface area contributed by atoms with Gasteiger partial charge < -0.3 is 5.32 Å². The van der Waals surface area contributed by atoms with Crippen molar-refractivity contribution in [1.82, 2.24) is 10.3 Å². The summed E-state index contributed by atoms with van der Waals surface area (Å²) in [6.45, 7) is 1.78. The van der Waals surface area contributed by atoms with Crippen molar-refractivity contribution in [3.63, 3.8) is 0 Å². The van der Waals surface area contributed by atoms with Gasteiger partial charge in [-0.05, 0) is 42.8 Å². The van der Waals surface area contributed by atoms with Crippen LogP contribution in [0.3, 0.4) is 0 Å². The number of carbonyl (C=O) groups is 1. The number of carbonyl (C=O) groups excluding carboxylic acids is 1. The van der Waals surface area contributed by atoms with E-state index in [0.717, 1.165) is 12.1 Å². The Morgan fingerprint density at radius 2 is 2.00 bits per heavy atom. The maximum atomic E-state index is 12.6. The molecule has 0 bridgehead atoms. The fourth-order valence-electron chi connectivity index (χ4n) is 1.96. The van der Waals surface area contributed by atoms with Crippen molar-refractivity contribution in [2.45, 2.75) is 19.1 Å². The number of hydrogen-bond donors (Lipinski definition) is 1. The fourth-order valence-corrected chi connectivity index (χ4v) is 1.96. The van der Waals surface area contributed by atoms with Crippen molar-refractivity contribution in [2.24, 2.45) is 0 Å². The molecule has 1 atom stereocenters. The molecule has 1 aromatic heterocycles. The Morgan fingerprint density at radius 3 is 2.65 bits per heavy atom. The highest BCUT2D eigenvalue weighted by Gasteiger charge is 2.30. The van der Waals surface area contributed by atoms with Crippen LogP contribution in [0.4, 0.5) is 13.2 Å². The zero-order chi connectivity index (χ0) is 16.9. The summed E-state index contributed by atoms with van der Waals surface area (Å²) in [5, 5.41) is 2.70. The summed E-state index contributed by atoms with van der Waals surface area (Å²) in [6.07, 6.45) is -0.235. The summed E-state index contributed by atoms with van der Waals surface area (Å²) in [5.74, 6) is -0.402. The molecule has 1 unspecified atom stereocenters. The molecule has 1 amide bonds. The maximum Gasteiger partial charge on any atom is 0.416 e. The van der Waals surface area contributed by atoms with Gasteiger partial charge in [-0.25, -0.2) is 0 Å². The second-order valence-corrected chi connectivity index (χ2v) is 4.94. The number of nitrogens with zero attached hydrogens (tertiary/aromatic N) is 1. The molecule has 0 saturated carbocycles. The highest BCUT2D eigenvalue weighted by atomic mass is 19.4. The van der Waals surface area contributed by atoms with Gasteiger partial charge in [-0.3, -0.25) is 9.78 Å². The highest BCUT2D eigenvalue weighted by Crippen LogP contribution is 2.29. The number of hydrogen-bond acceptors (Lipinski definition) is 2. The molecule has 0 saturated heterocycles. The molecule has 0 fully saturated rings. The molecule has 1 N–H and O–H groups in total. The van der Waals surface area contributed by atoms with E-state index in [2.05, 4.69) is 10.3 Å². The normalized spacial score (nSPS) is 13.0. The van der Waals surface area contributed by atoms with Crippen LogP contribution in [0.25, 0.3) is 6.08 Å². The summed E-state index contributed by atoms with van der Waals surface area (Å²) >= 11 is 0. The van der Waals surface area contributed by atoms with Crippen molar-refractivity contribution >= 4 is 12.0 Å². The Balaban J connectivity index is 2.01. The van der Waals surface area contributed by atoms with Gasteiger partial charge in [-0.2, -0.15) is 13.2 Å². The van der Waals surface area contributed by atoms with Crippen molar-refractivity contribution in [1.29, 1.82) is 0 Å². The Hall–Kier alpha value is -2.63. The molecule has 1 aromatic carbocycles. The lowest BCUT2D eigenvalue weighted by atomic mass is 10.1. The Kier molecular flexibility index (Phi) is 5.16. The minimum absolute atomic E-state index is 0.296. The number of nitrogens with one attached hydrogen (secondary N) is 1. The number of rotatable bonds is 4. The molecule has 2 rings (SSSR count). The second-order valence-electron chi connectivity index (χ2n) is 4.94. The third kappa shape index (κ3) is 4.95. The van der Waals surface area contributed by atoms with E-state index in [4.69, 9.17) is 0 Å². The van der Waals surface area contributed by atoms with E-state index >= 15 is 0 Å². The number of halogens is 3. The van der Waals surface area contributed by atoms with Crippen LogP contribution in [0, 0.1) is 0 Å². The third-order valence-electron chi connectivity index (χ3n) is 3.13. The van der Waals surface area contributed by atoms with Gasteiger partial charge in [0.05, 0.1) is 17.3 Å². The van der Waals surface area contributed by atoms with Crippen LogP contribution in [-0.4, -0.2) is 10.9 Å². The molecule has 0 aliphatic rings. The first-order chi connectivity index (χ1) is 10.9. The van der Waals surface area contributed by atoms with Crippen molar-refractivity contribution in [3.05, 3.63) is 71.6 Å². The standard InChI is InChI=1S/C17H15F3N2O/c1-12(15-7-2-3-10-21-15)22-16(23)9-8-13-5-4-6-14(11-13)17(18,19)20/h2-12H,1H3,(H,22,23)/b9-8+. The zero-order valence-corrected chi connectivity index (χ0v) is 12.3. The molecule has 0 aliphatic heterocycles. The minimum Gasteiger partial charge on any atom is -0.344 e. The van der Waals surface area contributed by atoms with E-state index in [9.17, 15) is 18.0 Å². The number of benzene rings is 1. The van der Waals surface area contributed by atoms with E-state index < -0.39 is 17.6 Å².